The highest BCUT2D eigenvalue weighted by Crippen LogP contribution is 2.45. The zero-order chi connectivity index (χ0) is 82.2. The minimum absolute atomic E-state index is 0.0825. The molecule has 0 spiro atoms. The molecule has 0 bridgehead atoms. The number of esters is 3. The Labute approximate surface area is 689 Å². The Morgan fingerprint density at radius 1 is 0.257 bits per heavy atom. The van der Waals surface area contributed by atoms with Crippen molar-refractivity contribution in [3.63, 3.8) is 0 Å². The van der Waals surface area contributed by atoms with Crippen LogP contribution in [0, 0.1) is 0 Å². The summed E-state index contributed by atoms with van der Waals surface area (Å²) >= 11 is 0. The maximum atomic E-state index is 13.0. The second kappa shape index (κ2) is 86.8. The third kappa shape index (κ3) is 88.1. The van der Waals surface area contributed by atoms with Gasteiger partial charge in [-0.3, -0.25) is 32.5 Å². The Bertz CT molecular complexity index is 2630. The molecule has 0 aliphatic carbocycles. The minimum Gasteiger partial charge on any atom is -0.463 e. The van der Waals surface area contributed by atoms with E-state index in [2.05, 4.69) is 167 Å². The largest absolute Gasteiger partial charge is 0.472 e. The van der Waals surface area contributed by atoms with Crippen LogP contribution in [0.5, 0.6) is 0 Å². The number of ether oxygens (including phenoxy) is 3. The number of aliphatic hydroxyl groups is 2. The molecule has 0 aromatic heterocycles. The number of rotatable bonds is 85. The topological polar surface area (TPSA) is 231 Å². The molecule has 0 amide bonds. The van der Waals surface area contributed by atoms with Gasteiger partial charge in [0.1, 0.15) is 25.4 Å². The summed E-state index contributed by atoms with van der Waals surface area (Å²) in [6.07, 6.45) is 109. The Morgan fingerprint density at radius 3 is 0.743 bits per heavy atom. The van der Waals surface area contributed by atoms with Crippen molar-refractivity contribution in [1.82, 2.24) is 0 Å². The highest BCUT2D eigenvalue weighted by atomic mass is 31.2. The third-order valence-electron chi connectivity index (χ3n) is 19.0. The van der Waals surface area contributed by atoms with E-state index in [-0.39, 0.29) is 19.3 Å². The number of hydrogen-bond donors (Lipinski definition) is 4. The van der Waals surface area contributed by atoms with Gasteiger partial charge >= 0.3 is 33.6 Å². The Hall–Kier alpha value is -4.57. The first-order valence-corrected chi connectivity index (χ1v) is 48.1. The molecule has 0 rings (SSSR count). The molecule has 0 aromatic carbocycles. The SMILES string of the molecule is CC/C=C\C/C=C\C/C=C\C/C=C\CCCCCCCCC(=O)OC(COC(=O)CCCCCCCCC/C=C\C/C=C\C/C=C\C/C=C\CCCCC)COP(=O)(O)OCC(O)COP(=O)(O)OCC(O)COC(=O)CCCCCCCCCCCCCCCCCCCCC/C=C\C/C=C\C/C=C\C/C=C\CCCCC. The smallest absolute Gasteiger partial charge is 0.463 e. The first kappa shape index (κ1) is 108. The van der Waals surface area contributed by atoms with E-state index in [1.54, 1.807) is 0 Å². The zero-order valence-corrected chi connectivity index (χ0v) is 73.3. The molecule has 4 N–H and O–H groups in total. The third-order valence-corrected chi connectivity index (χ3v) is 20.9. The van der Waals surface area contributed by atoms with Gasteiger partial charge < -0.3 is 34.2 Å². The van der Waals surface area contributed by atoms with Crippen molar-refractivity contribution in [2.45, 2.75) is 399 Å². The van der Waals surface area contributed by atoms with Crippen molar-refractivity contribution in [2.24, 2.45) is 0 Å². The van der Waals surface area contributed by atoms with Crippen LogP contribution in [0.2, 0.25) is 0 Å². The molecule has 650 valence electrons. The number of carbonyl (C=O) groups excluding carboxylic acids is 3. The number of carbonyl (C=O) groups is 3. The molecule has 0 aliphatic rings. The van der Waals surface area contributed by atoms with Gasteiger partial charge in [0.05, 0.1) is 26.4 Å². The molecule has 18 heteroatoms. The standard InChI is InChI=1S/C95H164O16P2/c1-4-7-10-13-16-19-22-25-28-31-34-36-38-39-40-41-42-43-44-45-46-47-48-49-51-53-55-57-60-63-66-69-72-75-78-81-93(98)105-84-90(96)85-107-112(101,102)108-86-91(97)87-109-113(103,104)110-89-92(111-95(100)83-80-77-74-71-68-65-62-59-54-33-30-27-24-21-18-15-12-9-6-3)88-106-94(99)82-79-76-73-70-67-64-61-58-56-52-50-37-35-32-29-26-23-20-17-14-11-8-5-2/h9,12,16-21,25-30,34-37,39-40,52,54,56,59,90-92,96-97H,4-8,10-11,13-15,22-24,31-33,38,41-51,53,55,57-58,60-89H2,1-3H3,(H,101,102)(H,103,104)/b12-9-,19-16-,20-17-,21-18-,28-25-,29-26-,30-27-,36-34-,37-35-,40-39-,56-52-,59-54-. The molecular formula is C95H164O16P2. The molecule has 0 heterocycles. The fourth-order valence-corrected chi connectivity index (χ4v) is 13.8. The summed E-state index contributed by atoms with van der Waals surface area (Å²) in [7, 11) is -9.81. The van der Waals surface area contributed by atoms with Crippen LogP contribution in [-0.2, 0) is 55.8 Å². The Morgan fingerprint density at radius 2 is 0.469 bits per heavy atom. The Kier molecular flexibility index (Phi) is 83.3. The van der Waals surface area contributed by atoms with Crippen molar-refractivity contribution in [2.75, 3.05) is 39.6 Å². The molecule has 113 heavy (non-hydrogen) atoms. The monoisotopic (exact) mass is 1620 g/mol. The van der Waals surface area contributed by atoms with Gasteiger partial charge in [-0.1, -0.05) is 359 Å². The van der Waals surface area contributed by atoms with E-state index >= 15 is 0 Å². The average Bonchev–Trinajstić information content (AvgIpc) is 0.905. The van der Waals surface area contributed by atoms with E-state index in [9.17, 15) is 43.5 Å². The van der Waals surface area contributed by atoms with Gasteiger partial charge in [-0.2, -0.15) is 0 Å². The molecule has 0 fully saturated rings. The lowest BCUT2D eigenvalue weighted by Gasteiger charge is -2.21. The first-order valence-electron chi connectivity index (χ1n) is 45.1. The van der Waals surface area contributed by atoms with E-state index in [1.165, 1.54) is 154 Å². The van der Waals surface area contributed by atoms with Gasteiger partial charge in [-0.05, 0) is 148 Å². The maximum Gasteiger partial charge on any atom is 0.472 e. The summed E-state index contributed by atoms with van der Waals surface area (Å²) in [5.41, 5.74) is 0. The van der Waals surface area contributed by atoms with Gasteiger partial charge in [0.25, 0.3) is 0 Å². The van der Waals surface area contributed by atoms with E-state index in [0.29, 0.717) is 19.3 Å². The molecule has 0 radical (unpaired) electrons. The number of allylic oxidation sites excluding steroid dienone is 24. The van der Waals surface area contributed by atoms with Crippen molar-refractivity contribution in [3.8, 4) is 0 Å². The number of phosphoric acid groups is 2. The molecular weight excluding hydrogens is 1460 g/mol. The fraction of sp³-hybridized carbons (Fsp3) is 0.716. The van der Waals surface area contributed by atoms with Gasteiger partial charge in [-0.15, -0.1) is 0 Å². The van der Waals surface area contributed by atoms with Gasteiger partial charge in [-0.25, -0.2) is 9.13 Å². The molecule has 0 saturated carbocycles. The van der Waals surface area contributed by atoms with Gasteiger partial charge in [0.2, 0.25) is 0 Å². The highest BCUT2D eigenvalue weighted by molar-refractivity contribution is 7.47. The van der Waals surface area contributed by atoms with Gasteiger partial charge in [0.15, 0.2) is 6.10 Å². The molecule has 16 nitrogen and oxygen atoms in total. The fourth-order valence-electron chi connectivity index (χ4n) is 12.2. The van der Waals surface area contributed by atoms with Crippen molar-refractivity contribution >= 4 is 33.6 Å². The second-order valence-corrected chi connectivity index (χ2v) is 32.9. The number of hydrogen-bond acceptors (Lipinski definition) is 14. The predicted molar refractivity (Wildman–Crippen MR) is 473 cm³/mol. The second-order valence-electron chi connectivity index (χ2n) is 30.0. The van der Waals surface area contributed by atoms with Crippen molar-refractivity contribution < 1.29 is 75.8 Å². The zero-order valence-electron chi connectivity index (χ0n) is 71.5. The molecule has 5 atom stereocenters. The molecule has 0 saturated heterocycles. The van der Waals surface area contributed by atoms with Gasteiger partial charge in [0, 0.05) is 19.3 Å². The molecule has 0 aliphatic heterocycles. The summed E-state index contributed by atoms with van der Waals surface area (Å²) in [6.45, 7) is 2.52. The molecule has 5 unspecified atom stereocenters. The van der Waals surface area contributed by atoms with Crippen molar-refractivity contribution in [3.05, 3.63) is 146 Å². The number of aliphatic hydroxyl groups excluding tert-OH is 2. The summed E-state index contributed by atoms with van der Waals surface area (Å²) in [5.74, 6) is -1.60. The van der Waals surface area contributed by atoms with E-state index < -0.39 is 91.5 Å². The first-order chi connectivity index (χ1) is 55.2. The minimum atomic E-state index is -4.95. The highest BCUT2D eigenvalue weighted by Gasteiger charge is 2.29. The normalized spacial score (nSPS) is 14.5. The predicted octanol–water partition coefficient (Wildman–Crippen LogP) is 27.6. The van der Waals surface area contributed by atoms with Crippen LogP contribution in [0.3, 0.4) is 0 Å². The summed E-state index contributed by atoms with van der Waals surface area (Å²) in [6, 6.07) is 0. The van der Waals surface area contributed by atoms with Crippen LogP contribution in [0.25, 0.3) is 0 Å². The molecule has 0 aromatic rings. The quantitative estimate of drug-likeness (QED) is 0.0146. The van der Waals surface area contributed by atoms with Crippen LogP contribution >= 0.6 is 15.6 Å². The number of unbranched alkanes of at least 4 members (excludes halogenated alkanes) is 38. The summed E-state index contributed by atoms with van der Waals surface area (Å²) in [4.78, 5) is 58.9. The van der Waals surface area contributed by atoms with Crippen LogP contribution in [-0.4, -0.2) is 95.9 Å². The van der Waals surface area contributed by atoms with E-state index in [1.807, 2.05) is 0 Å². The number of phosphoric ester groups is 2. The maximum absolute atomic E-state index is 13.0. The van der Waals surface area contributed by atoms with Crippen LogP contribution in [0.15, 0.2) is 146 Å². The van der Waals surface area contributed by atoms with Crippen LogP contribution < -0.4 is 0 Å². The lowest BCUT2D eigenvalue weighted by atomic mass is 10.0. The van der Waals surface area contributed by atoms with E-state index in [0.717, 1.165) is 167 Å². The van der Waals surface area contributed by atoms with Crippen molar-refractivity contribution in [1.29, 1.82) is 0 Å². The lowest BCUT2D eigenvalue weighted by Crippen LogP contribution is -2.30. The van der Waals surface area contributed by atoms with E-state index in [4.69, 9.17) is 32.3 Å². The van der Waals surface area contributed by atoms with Crippen LogP contribution in [0.4, 0.5) is 0 Å². The Balaban J connectivity index is 4.50. The lowest BCUT2D eigenvalue weighted by molar-refractivity contribution is -0.161. The van der Waals surface area contributed by atoms with Crippen LogP contribution in [0.1, 0.15) is 380 Å². The summed E-state index contributed by atoms with van der Waals surface area (Å²) < 4.78 is 61.4. The average molecular weight is 1620 g/mol. The summed E-state index contributed by atoms with van der Waals surface area (Å²) in [5, 5.41) is 20.7.